The molecule has 3 aromatic rings. The van der Waals surface area contributed by atoms with Crippen molar-refractivity contribution >= 4 is 17.1 Å². The minimum atomic E-state index is -1.12. The van der Waals surface area contributed by atoms with Crippen LogP contribution in [-0.2, 0) is 0 Å². The van der Waals surface area contributed by atoms with Gasteiger partial charge in [-0.25, -0.2) is 19.7 Å². The van der Waals surface area contributed by atoms with Gasteiger partial charge in [-0.1, -0.05) is 30.3 Å². The normalized spacial score (nSPS) is 10.7. The lowest BCUT2D eigenvalue weighted by Crippen LogP contribution is -1.97. The van der Waals surface area contributed by atoms with E-state index in [-0.39, 0.29) is 5.82 Å². The van der Waals surface area contributed by atoms with Crippen LogP contribution in [0.3, 0.4) is 0 Å². The molecule has 0 aliphatic heterocycles. The number of rotatable bonds is 2. The van der Waals surface area contributed by atoms with Gasteiger partial charge in [0, 0.05) is 5.56 Å². The third-order valence-corrected chi connectivity index (χ3v) is 2.47. The van der Waals surface area contributed by atoms with E-state index in [4.69, 9.17) is 5.11 Å². The Morgan fingerprint density at radius 2 is 1.94 bits per heavy atom. The Hall–Kier alpha value is -2.76. The Morgan fingerprint density at radius 3 is 2.67 bits per heavy atom. The first-order valence-corrected chi connectivity index (χ1v) is 5.25. The van der Waals surface area contributed by atoms with Crippen molar-refractivity contribution in [2.45, 2.75) is 0 Å². The van der Waals surface area contributed by atoms with Gasteiger partial charge in [0.05, 0.1) is 6.20 Å². The van der Waals surface area contributed by atoms with Crippen LogP contribution in [0.15, 0.2) is 36.5 Å². The topological polar surface area (TPSA) is 91.8 Å². The van der Waals surface area contributed by atoms with Gasteiger partial charge in [-0.05, 0) is 0 Å². The van der Waals surface area contributed by atoms with Gasteiger partial charge in [-0.2, -0.15) is 0 Å². The van der Waals surface area contributed by atoms with Crippen molar-refractivity contribution in [2.75, 3.05) is 0 Å². The van der Waals surface area contributed by atoms with Crippen molar-refractivity contribution < 1.29 is 9.90 Å². The van der Waals surface area contributed by atoms with Gasteiger partial charge >= 0.3 is 5.97 Å². The van der Waals surface area contributed by atoms with E-state index in [2.05, 4.69) is 19.9 Å². The molecule has 0 unspecified atom stereocenters. The molecule has 0 radical (unpaired) electrons. The van der Waals surface area contributed by atoms with Crippen molar-refractivity contribution in [3.63, 3.8) is 0 Å². The number of aromatic amines is 1. The van der Waals surface area contributed by atoms with E-state index in [9.17, 15) is 4.79 Å². The quantitative estimate of drug-likeness (QED) is 0.711. The van der Waals surface area contributed by atoms with E-state index in [1.165, 1.54) is 6.20 Å². The molecule has 0 saturated heterocycles. The summed E-state index contributed by atoms with van der Waals surface area (Å²) in [6, 6.07) is 9.43. The number of hydrogen-bond donors (Lipinski definition) is 2. The van der Waals surface area contributed by atoms with Crippen LogP contribution >= 0.6 is 0 Å². The number of aromatic carboxylic acids is 1. The molecule has 0 amide bonds. The maximum absolute atomic E-state index is 10.8. The van der Waals surface area contributed by atoms with E-state index in [1.807, 2.05) is 30.3 Å². The Bertz CT molecular complexity index is 721. The summed E-state index contributed by atoms with van der Waals surface area (Å²) >= 11 is 0. The second kappa shape index (κ2) is 3.92. The summed E-state index contributed by atoms with van der Waals surface area (Å²) in [5.41, 5.74) is 1.72. The fraction of sp³-hybridized carbons (Fsp3) is 0. The molecule has 0 bridgehead atoms. The van der Waals surface area contributed by atoms with Crippen molar-refractivity contribution in [1.82, 2.24) is 19.9 Å². The monoisotopic (exact) mass is 240 g/mol. The Balaban J connectivity index is 2.14. The second-order valence-corrected chi connectivity index (χ2v) is 3.69. The first kappa shape index (κ1) is 10.4. The summed E-state index contributed by atoms with van der Waals surface area (Å²) in [5, 5.41) is 8.83. The van der Waals surface area contributed by atoms with Gasteiger partial charge in [0.15, 0.2) is 11.5 Å². The number of aromatic nitrogens is 4. The van der Waals surface area contributed by atoms with Crippen LogP contribution in [0.2, 0.25) is 0 Å². The van der Waals surface area contributed by atoms with E-state index >= 15 is 0 Å². The third kappa shape index (κ3) is 1.69. The Kier molecular flexibility index (Phi) is 2.26. The summed E-state index contributed by atoms with van der Waals surface area (Å²) in [6.07, 6.45) is 1.53. The molecular weight excluding hydrogens is 232 g/mol. The van der Waals surface area contributed by atoms with Crippen molar-refractivity contribution in [3.8, 4) is 11.4 Å². The first-order valence-electron chi connectivity index (χ1n) is 5.25. The molecule has 0 atom stereocenters. The standard InChI is InChI=1S/C12H8N4O2/c17-12(18)11-14-8-6-13-9(15-10(8)16-11)7-4-2-1-3-5-7/h1-6H,(H,17,18)(H,13,14,15,16). The van der Waals surface area contributed by atoms with Crippen LogP contribution in [-0.4, -0.2) is 31.0 Å². The molecule has 2 aromatic heterocycles. The molecule has 2 N–H and O–H groups in total. The van der Waals surface area contributed by atoms with Gasteiger partial charge in [-0.15, -0.1) is 0 Å². The van der Waals surface area contributed by atoms with Crippen molar-refractivity contribution in [1.29, 1.82) is 0 Å². The average molecular weight is 240 g/mol. The summed E-state index contributed by atoms with van der Waals surface area (Å²) < 4.78 is 0. The lowest BCUT2D eigenvalue weighted by Gasteiger charge is -1.97. The molecule has 88 valence electrons. The fourth-order valence-corrected chi connectivity index (χ4v) is 1.64. The molecule has 6 nitrogen and oxygen atoms in total. The number of benzene rings is 1. The highest BCUT2D eigenvalue weighted by Crippen LogP contribution is 2.16. The van der Waals surface area contributed by atoms with E-state index in [0.717, 1.165) is 5.56 Å². The van der Waals surface area contributed by atoms with E-state index < -0.39 is 5.97 Å². The van der Waals surface area contributed by atoms with E-state index in [1.54, 1.807) is 0 Å². The second-order valence-electron chi connectivity index (χ2n) is 3.69. The van der Waals surface area contributed by atoms with Crippen molar-refractivity contribution in [3.05, 3.63) is 42.4 Å². The summed E-state index contributed by atoms with van der Waals surface area (Å²) in [5.74, 6) is -0.731. The first-order chi connectivity index (χ1) is 8.74. The lowest BCUT2D eigenvalue weighted by molar-refractivity contribution is 0.0685. The lowest BCUT2D eigenvalue weighted by atomic mass is 10.2. The zero-order valence-electron chi connectivity index (χ0n) is 9.16. The highest BCUT2D eigenvalue weighted by Gasteiger charge is 2.11. The van der Waals surface area contributed by atoms with Crippen LogP contribution in [0, 0.1) is 0 Å². The maximum atomic E-state index is 10.8. The minimum absolute atomic E-state index is 0.135. The number of H-pyrrole nitrogens is 1. The number of nitrogens with one attached hydrogen (secondary N) is 1. The molecular formula is C12H8N4O2. The smallest absolute Gasteiger partial charge is 0.371 e. The number of hydrogen-bond acceptors (Lipinski definition) is 4. The maximum Gasteiger partial charge on any atom is 0.371 e. The number of carboxylic acid groups (broad SMARTS) is 1. The molecule has 0 fully saturated rings. The van der Waals surface area contributed by atoms with Crippen molar-refractivity contribution in [2.24, 2.45) is 0 Å². The third-order valence-electron chi connectivity index (χ3n) is 2.47. The highest BCUT2D eigenvalue weighted by atomic mass is 16.4. The predicted octanol–water partition coefficient (Wildman–Crippen LogP) is 1.72. The minimum Gasteiger partial charge on any atom is -0.475 e. The van der Waals surface area contributed by atoms with Crippen LogP contribution in [0.1, 0.15) is 10.6 Å². The van der Waals surface area contributed by atoms with Gasteiger partial charge in [0.2, 0.25) is 5.82 Å². The van der Waals surface area contributed by atoms with Crippen LogP contribution in [0.5, 0.6) is 0 Å². The Labute approximate surface area is 101 Å². The van der Waals surface area contributed by atoms with Gasteiger partial charge in [0.25, 0.3) is 0 Å². The Morgan fingerprint density at radius 1 is 1.17 bits per heavy atom. The zero-order valence-corrected chi connectivity index (χ0v) is 9.16. The summed E-state index contributed by atoms with van der Waals surface area (Å²) in [6.45, 7) is 0. The SMILES string of the molecule is O=C(O)c1nc2nc(-c3ccccc3)ncc2[nH]1. The number of carboxylic acids is 1. The molecule has 18 heavy (non-hydrogen) atoms. The highest BCUT2D eigenvalue weighted by molar-refractivity contribution is 5.87. The van der Waals surface area contributed by atoms with E-state index in [0.29, 0.717) is 17.0 Å². The molecule has 0 spiro atoms. The molecule has 0 saturated carbocycles. The van der Waals surface area contributed by atoms with Gasteiger partial charge in [0.1, 0.15) is 5.52 Å². The number of imidazole rings is 1. The summed E-state index contributed by atoms with van der Waals surface area (Å²) in [4.78, 5) is 25.7. The predicted molar refractivity (Wildman–Crippen MR) is 64.1 cm³/mol. The van der Waals surface area contributed by atoms with Crippen LogP contribution in [0.25, 0.3) is 22.6 Å². The fourth-order valence-electron chi connectivity index (χ4n) is 1.64. The number of nitrogens with zero attached hydrogens (tertiary/aromatic N) is 3. The summed E-state index contributed by atoms with van der Waals surface area (Å²) in [7, 11) is 0. The number of fused-ring (bicyclic) bond motifs is 1. The van der Waals surface area contributed by atoms with Gasteiger partial charge in [-0.3, -0.25) is 0 Å². The number of carbonyl (C=O) groups is 1. The van der Waals surface area contributed by atoms with Crippen LogP contribution in [0.4, 0.5) is 0 Å². The molecule has 3 rings (SSSR count). The van der Waals surface area contributed by atoms with Gasteiger partial charge < -0.3 is 10.1 Å². The average Bonchev–Trinajstić information content (AvgIpc) is 2.82. The van der Waals surface area contributed by atoms with Crippen LogP contribution < -0.4 is 0 Å². The largest absolute Gasteiger partial charge is 0.475 e. The molecule has 0 aliphatic rings. The molecule has 2 heterocycles. The zero-order chi connectivity index (χ0) is 12.5. The molecule has 0 aliphatic carbocycles. The molecule has 1 aromatic carbocycles. The molecule has 6 heteroatoms.